The molecule has 0 aliphatic rings. The molecular weight excluding hydrogens is 174 g/mol. The van der Waals surface area contributed by atoms with E-state index < -0.39 is 12.0 Å². The van der Waals surface area contributed by atoms with E-state index in [1.807, 2.05) is 0 Å². The number of hydrogen-bond acceptors (Lipinski definition) is 2. The molecule has 0 saturated heterocycles. The van der Waals surface area contributed by atoms with Crippen molar-refractivity contribution < 1.29 is 8.78 Å². The second-order valence-corrected chi connectivity index (χ2v) is 3.22. The fraction of sp³-hybridized carbons (Fsp3) is 0.444. The normalized spacial score (nSPS) is 15.8. The average Bonchev–Trinajstić information content (AvgIpc) is 2.04. The molecule has 2 N–H and O–H groups in total. The summed E-state index contributed by atoms with van der Waals surface area (Å²) in [5.41, 5.74) is 4.82. The van der Waals surface area contributed by atoms with Crippen LogP contribution in [0.5, 0.6) is 0 Å². The molecule has 1 rings (SSSR count). The molecule has 1 heterocycles. The van der Waals surface area contributed by atoms with Crippen LogP contribution in [0.15, 0.2) is 18.3 Å². The smallest absolute Gasteiger partial charge is 0.260 e. The molecule has 72 valence electrons. The molecule has 0 saturated carbocycles. The van der Waals surface area contributed by atoms with Gasteiger partial charge in [0, 0.05) is 11.9 Å². The number of halogens is 2. The molecule has 0 fully saturated rings. The van der Waals surface area contributed by atoms with Gasteiger partial charge in [0.05, 0.1) is 0 Å². The minimum atomic E-state index is -2.59. The van der Waals surface area contributed by atoms with E-state index in [-0.39, 0.29) is 0 Å². The Hall–Kier alpha value is -1.03. The van der Waals surface area contributed by atoms with Crippen LogP contribution in [0.2, 0.25) is 0 Å². The van der Waals surface area contributed by atoms with Crippen LogP contribution >= 0.6 is 0 Å². The zero-order valence-corrected chi connectivity index (χ0v) is 7.59. The first-order chi connectivity index (χ1) is 5.96. The highest BCUT2D eigenvalue weighted by atomic mass is 19.3. The van der Waals surface area contributed by atoms with E-state index >= 15 is 0 Å². The van der Waals surface area contributed by atoms with E-state index in [9.17, 15) is 8.78 Å². The first kappa shape index (κ1) is 10.1. The molecule has 0 aliphatic heterocycles. The fourth-order valence-electron chi connectivity index (χ4n) is 1.17. The van der Waals surface area contributed by atoms with Crippen molar-refractivity contribution in [3.05, 3.63) is 29.6 Å². The Labute approximate surface area is 75.8 Å². The molecule has 13 heavy (non-hydrogen) atoms. The van der Waals surface area contributed by atoms with Crippen LogP contribution in [0.4, 0.5) is 8.78 Å². The monoisotopic (exact) mass is 186 g/mol. The van der Waals surface area contributed by atoms with Gasteiger partial charge in [0.1, 0.15) is 5.54 Å². The molecule has 0 radical (unpaired) electrons. The molecule has 1 unspecified atom stereocenters. The number of hydrogen-bond donors (Lipinski definition) is 1. The van der Waals surface area contributed by atoms with Gasteiger partial charge in [0.15, 0.2) is 0 Å². The molecule has 4 heteroatoms. The van der Waals surface area contributed by atoms with E-state index in [1.54, 1.807) is 25.3 Å². The van der Waals surface area contributed by atoms with E-state index in [2.05, 4.69) is 4.98 Å². The first-order valence-electron chi connectivity index (χ1n) is 3.95. The van der Waals surface area contributed by atoms with Gasteiger partial charge in [-0.3, -0.25) is 4.98 Å². The van der Waals surface area contributed by atoms with E-state index in [4.69, 9.17) is 5.73 Å². The molecule has 0 amide bonds. The van der Waals surface area contributed by atoms with Gasteiger partial charge in [-0.15, -0.1) is 0 Å². The third-order valence-corrected chi connectivity index (χ3v) is 2.04. The number of aromatic nitrogens is 1. The van der Waals surface area contributed by atoms with E-state index in [0.29, 0.717) is 11.3 Å². The molecule has 1 aromatic heterocycles. The summed E-state index contributed by atoms with van der Waals surface area (Å²) < 4.78 is 25.1. The molecule has 0 spiro atoms. The summed E-state index contributed by atoms with van der Waals surface area (Å²) in [6.07, 6.45) is -1.03. The van der Waals surface area contributed by atoms with Crippen LogP contribution in [0, 0.1) is 6.92 Å². The van der Waals surface area contributed by atoms with Crippen LogP contribution in [-0.4, -0.2) is 11.4 Å². The van der Waals surface area contributed by atoms with Crippen molar-refractivity contribution in [3.8, 4) is 0 Å². The Morgan fingerprint density at radius 2 is 2.15 bits per heavy atom. The second kappa shape index (κ2) is 3.38. The van der Waals surface area contributed by atoms with Crippen LogP contribution in [0.3, 0.4) is 0 Å². The maximum Gasteiger partial charge on any atom is 0.260 e. The molecule has 2 nitrogen and oxygen atoms in total. The summed E-state index contributed by atoms with van der Waals surface area (Å²) in [4.78, 5) is 3.91. The maximum absolute atomic E-state index is 12.5. The number of nitrogens with zero attached hydrogens (tertiary/aromatic N) is 1. The lowest BCUT2D eigenvalue weighted by atomic mass is 9.93. The summed E-state index contributed by atoms with van der Waals surface area (Å²) in [7, 11) is 0. The van der Waals surface area contributed by atoms with E-state index in [0.717, 1.165) is 0 Å². The molecule has 1 atom stereocenters. The van der Waals surface area contributed by atoms with Crippen LogP contribution in [0.25, 0.3) is 0 Å². The number of nitrogens with two attached hydrogens (primary N) is 1. The van der Waals surface area contributed by atoms with Gasteiger partial charge in [0.2, 0.25) is 0 Å². The highest BCUT2D eigenvalue weighted by Gasteiger charge is 2.33. The molecule has 0 aromatic carbocycles. The number of alkyl halides is 2. The Kier molecular flexibility index (Phi) is 2.61. The lowest BCUT2D eigenvalue weighted by Gasteiger charge is -2.25. The standard InChI is InChI=1S/C9H12F2N2/c1-6-7(4-3-5-13-6)9(2,12)8(10)11/h3-5,8H,12H2,1-2H3. The van der Waals surface area contributed by atoms with Crippen molar-refractivity contribution in [1.29, 1.82) is 0 Å². The van der Waals surface area contributed by atoms with Crippen molar-refractivity contribution in [2.75, 3.05) is 0 Å². The third-order valence-electron chi connectivity index (χ3n) is 2.04. The van der Waals surface area contributed by atoms with Crippen LogP contribution in [0.1, 0.15) is 18.2 Å². The number of pyridine rings is 1. The van der Waals surface area contributed by atoms with Gasteiger partial charge < -0.3 is 5.73 Å². The van der Waals surface area contributed by atoms with Crippen LogP contribution in [-0.2, 0) is 5.54 Å². The van der Waals surface area contributed by atoms with Crippen molar-refractivity contribution in [2.45, 2.75) is 25.8 Å². The first-order valence-corrected chi connectivity index (χ1v) is 3.95. The molecular formula is C9H12F2N2. The summed E-state index contributed by atoms with van der Waals surface area (Å²) in [6, 6.07) is 3.18. The zero-order valence-electron chi connectivity index (χ0n) is 7.59. The van der Waals surface area contributed by atoms with Gasteiger partial charge in [-0.2, -0.15) is 0 Å². The molecule has 0 aliphatic carbocycles. The average molecular weight is 186 g/mol. The summed E-state index contributed by atoms with van der Waals surface area (Å²) >= 11 is 0. The lowest BCUT2D eigenvalue weighted by Crippen LogP contribution is -2.41. The largest absolute Gasteiger partial charge is 0.317 e. The topological polar surface area (TPSA) is 38.9 Å². The van der Waals surface area contributed by atoms with Crippen molar-refractivity contribution >= 4 is 0 Å². The minimum absolute atomic E-state index is 0.394. The Bertz CT molecular complexity index is 297. The molecule has 0 bridgehead atoms. The SMILES string of the molecule is Cc1ncccc1C(C)(N)C(F)F. The fourth-order valence-corrected chi connectivity index (χ4v) is 1.17. The van der Waals surface area contributed by atoms with Crippen molar-refractivity contribution in [3.63, 3.8) is 0 Å². The molecule has 1 aromatic rings. The van der Waals surface area contributed by atoms with E-state index in [1.165, 1.54) is 6.92 Å². The predicted octanol–water partition coefficient (Wildman–Crippen LogP) is 1.83. The van der Waals surface area contributed by atoms with Crippen molar-refractivity contribution in [2.24, 2.45) is 5.73 Å². The van der Waals surface area contributed by atoms with Gasteiger partial charge in [-0.05, 0) is 25.5 Å². The van der Waals surface area contributed by atoms with Gasteiger partial charge in [-0.25, -0.2) is 8.78 Å². The van der Waals surface area contributed by atoms with Gasteiger partial charge >= 0.3 is 0 Å². The zero-order chi connectivity index (χ0) is 10.1. The Morgan fingerprint density at radius 1 is 1.54 bits per heavy atom. The second-order valence-electron chi connectivity index (χ2n) is 3.22. The van der Waals surface area contributed by atoms with Gasteiger partial charge in [0.25, 0.3) is 6.43 Å². The highest BCUT2D eigenvalue weighted by Crippen LogP contribution is 2.26. The quantitative estimate of drug-likeness (QED) is 0.765. The van der Waals surface area contributed by atoms with Crippen LogP contribution < -0.4 is 5.73 Å². The summed E-state index contributed by atoms with van der Waals surface area (Å²) in [5, 5.41) is 0. The Morgan fingerprint density at radius 3 is 2.62 bits per heavy atom. The highest BCUT2D eigenvalue weighted by molar-refractivity contribution is 5.27. The maximum atomic E-state index is 12.5. The summed E-state index contributed by atoms with van der Waals surface area (Å²) in [6.45, 7) is 2.98. The Balaban J connectivity index is 3.14. The predicted molar refractivity (Wildman–Crippen MR) is 46.5 cm³/mol. The van der Waals surface area contributed by atoms with Gasteiger partial charge in [-0.1, -0.05) is 6.07 Å². The summed E-state index contributed by atoms with van der Waals surface area (Å²) in [5.74, 6) is 0. The van der Waals surface area contributed by atoms with Crippen molar-refractivity contribution in [1.82, 2.24) is 4.98 Å². The minimum Gasteiger partial charge on any atom is -0.317 e. The lowest BCUT2D eigenvalue weighted by molar-refractivity contribution is 0.0619. The number of rotatable bonds is 2. The number of aryl methyl sites for hydroxylation is 1. The third kappa shape index (κ3) is 1.83.